The molecule has 0 radical (unpaired) electrons. The summed E-state index contributed by atoms with van der Waals surface area (Å²) < 4.78 is 6.36. The van der Waals surface area contributed by atoms with Crippen LogP contribution in [0.5, 0.6) is 0 Å². The lowest BCUT2D eigenvalue weighted by Gasteiger charge is -2.33. The van der Waals surface area contributed by atoms with Gasteiger partial charge in [0.15, 0.2) is 8.32 Å². The van der Waals surface area contributed by atoms with Crippen LogP contribution in [0.3, 0.4) is 0 Å². The molecule has 0 aliphatic carbocycles. The smallest absolute Gasteiger partial charge is 0.192 e. The highest BCUT2D eigenvalue weighted by molar-refractivity contribution is 6.73. The Hall–Kier alpha value is -0.413. The molecule has 0 aliphatic rings. The van der Waals surface area contributed by atoms with Crippen LogP contribution in [0.4, 0.5) is 0 Å². The van der Waals surface area contributed by atoms with Gasteiger partial charge in [-0.3, -0.25) is 0 Å². The predicted molar refractivity (Wildman–Crippen MR) is 76.7 cm³/mol. The Morgan fingerprint density at radius 2 is 1.76 bits per heavy atom. The fourth-order valence-electron chi connectivity index (χ4n) is 2.17. The number of rotatable bonds is 10. The largest absolute Gasteiger partial charge is 0.411 e. The first-order valence-corrected chi connectivity index (χ1v) is 9.34. The maximum atomic E-state index is 10.5. The van der Waals surface area contributed by atoms with Crippen LogP contribution in [0, 0.1) is 5.92 Å². The molecule has 100 valence electrons. The minimum Gasteiger partial charge on any atom is -0.411 e. The third-order valence-corrected chi connectivity index (χ3v) is 8.40. The lowest BCUT2D eigenvalue weighted by atomic mass is 10.0. The van der Waals surface area contributed by atoms with Crippen molar-refractivity contribution in [2.75, 3.05) is 0 Å². The molecule has 0 amide bonds. The maximum Gasteiger partial charge on any atom is 0.192 e. The van der Waals surface area contributed by atoms with E-state index in [9.17, 15) is 4.79 Å². The number of hydrogen-bond acceptors (Lipinski definition) is 2. The lowest BCUT2D eigenvalue weighted by molar-refractivity contribution is -0.108. The zero-order valence-corrected chi connectivity index (χ0v) is 12.9. The lowest BCUT2D eigenvalue weighted by Crippen LogP contribution is -2.39. The quantitative estimate of drug-likeness (QED) is 0.333. The van der Waals surface area contributed by atoms with Gasteiger partial charge in [-0.05, 0) is 30.5 Å². The molecular formula is C14H28O2Si. The molecule has 2 nitrogen and oxygen atoms in total. The number of aldehydes is 1. The van der Waals surface area contributed by atoms with Crippen molar-refractivity contribution in [2.24, 2.45) is 5.92 Å². The molecule has 0 spiro atoms. The van der Waals surface area contributed by atoms with Crippen molar-refractivity contribution in [2.45, 2.75) is 64.8 Å². The molecule has 0 bridgehead atoms. The van der Waals surface area contributed by atoms with E-state index in [4.69, 9.17) is 4.43 Å². The Morgan fingerprint density at radius 3 is 2.12 bits per heavy atom. The minimum atomic E-state index is -1.55. The van der Waals surface area contributed by atoms with Gasteiger partial charge in [-0.25, -0.2) is 0 Å². The molecule has 0 saturated carbocycles. The van der Waals surface area contributed by atoms with E-state index in [2.05, 4.69) is 34.3 Å². The van der Waals surface area contributed by atoms with Gasteiger partial charge in [0.05, 0.1) is 6.10 Å². The zero-order valence-electron chi connectivity index (χ0n) is 11.9. The van der Waals surface area contributed by atoms with Crippen molar-refractivity contribution in [3.63, 3.8) is 0 Å². The normalized spacial score (nSPS) is 15.3. The molecule has 0 rings (SSSR count). The predicted octanol–water partition coefficient (Wildman–Crippen LogP) is 4.18. The summed E-state index contributed by atoms with van der Waals surface area (Å²) in [7, 11) is -1.55. The zero-order chi connectivity index (χ0) is 13.3. The van der Waals surface area contributed by atoms with Gasteiger partial charge >= 0.3 is 0 Å². The second-order valence-electron chi connectivity index (χ2n) is 4.88. The summed E-state index contributed by atoms with van der Waals surface area (Å²) in [6, 6.07) is 3.48. The Morgan fingerprint density at radius 1 is 1.24 bits per heavy atom. The molecule has 1 unspecified atom stereocenters. The summed E-state index contributed by atoms with van der Waals surface area (Å²) in [6.45, 7) is 12.7. The first-order chi connectivity index (χ1) is 8.07. The van der Waals surface area contributed by atoms with Crippen molar-refractivity contribution in [3.05, 3.63) is 12.7 Å². The summed E-state index contributed by atoms with van der Waals surface area (Å²) in [5, 5.41) is 0. The highest BCUT2D eigenvalue weighted by atomic mass is 28.4. The summed E-state index contributed by atoms with van der Waals surface area (Å²) >= 11 is 0. The molecule has 0 heterocycles. The molecule has 2 atom stereocenters. The van der Waals surface area contributed by atoms with Crippen LogP contribution in [0.15, 0.2) is 12.7 Å². The molecule has 0 saturated heterocycles. The summed E-state index contributed by atoms with van der Waals surface area (Å²) in [4.78, 5) is 10.5. The molecule has 3 heteroatoms. The van der Waals surface area contributed by atoms with Gasteiger partial charge in [0, 0.05) is 6.42 Å². The summed E-state index contributed by atoms with van der Waals surface area (Å²) in [5.41, 5.74) is 0. The first kappa shape index (κ1) is 16.6. The van der Waals surface area contributed by atoms with Crippen LogP contribution in [0.25, 0.3) is 0 Å². The van der Waals surface area contributed by atoms with Gasteiger partial charge in [0.1, 0.15) is 6.29 Å². The van der Waals surface area contributed by atoms with Gasteiger partial charge in [-0.2, -0.15) is 0 Å². The molecular weight excluding hydrogens is 228 g/mol. The molecule has 0 fully saturated rings. The van der Waals surface area contributed by atoms with Crippen molar-refractivity contribution < 1.29 is 9.22 Å². The van der Waals surface area contributed by atoms with E-state index >= 15 is 0 Å². The monoisotopic (exact) mass is 256 g/mol. The number of carbonyl (C=O) groups excluding carboxylic acids is 1. The van der Waals surface area contributed by atoms with Crippen LogP contribution in [0.2, 0.25) is 18.1 Å². The van der Waals surface area contributed by atoms with Crippen LogP contribution < -0.4 is 0 Å². The second kappa shape index (κ2) is 8.64. The average Bonchev–Trinajstić information content (AvgIpc) is 2.35. The van der Waals surface area contributed by atoms with Crippen LogP contribution in [0.1, 0.15) is 40.5 Å². The van der Waals surface area contributed by atoms with Crippen molar-refractivity contribution in [1.82, 2.24) is 0 Å². The van der Waals surface area contributed by atoms with Crippen LogP contribution >= 0.6 is 0 Å². The van der Waals surface area contributed by atoms with E-state index < -0.39 is 8.32 Å². The minimum absolute atomic E-state index is 0.122. The van der Waals surface area contributed by atoms with Gasteiger partial charge in [-0.15, -0.1) is 6.58 Å². The molecule has 0 N–H and O–H groups in total. The third-order valence-electron chi connectivity index (χ3n) is 3.73. The van der Waals surface area contributed by atoms with Gasteiger partial charge in [-0.1, -0.05) is 33.8 Å². The maximum absolute atomic E-state index is 10.5. The van der Waals surface area contributed by atoms with E-state index in [0.717, 1.165) is 30.8 Å². The van der Waals surface area contributed by atoms with Gasteiger partial charge in [0.2, 0.25) is 0 Å². The van der Waals surface area contributed by atoms with E-state index in [0.29, 0.717) is 12.3 Å². The fourth-order valence-corrected chi connectivity index (χ4v) is 5.01. The van der Waals surface area contributed by atoms with Crippen molar-refractivity contribution >= 4 is 14.6 Å². The summed E-state index contributed by atoms with van der Waals surface area (Å²) in [6.07, 6.45) is 4.55. The van der Waals surface area contributed by atoms with E-state index in [1.165, 1.54) is 0 Å². The first-order valence-electron chi connectivity index (χ1n) is 6.81. The SMILES string of the molecule is C=CC(C[C@@H](C)CC=O)O[Si](CC)(CC)CC. The topological polar surface area (TPSA) is 26.3 Å². The van der Waals surface area contributed by atoms with Crippen LogP contribution in [-0.4, -0.2) is 20.7 Å². The average molecular weight is 256 g/mol. The standard InChI is InChI=1S/C14H28O2Si/c1-6-14(12-13(5)10-11-15)16-17(7-2,8-3)9-4/h6,11,13-14H,1,7-10,12H2,2-5H3/t13-,14?/m0/s1. The van der Waals surface area contributed by atoms with E-state index in [-0.39, 0.29) is 6.10 Å². The Bertz CT molecular complexity index is 216. The molecule has 0 aliphatic heterocycles. The van der Waals surface area contributed by atoms with Crippen molar-refractivity contribution in [3.8, 4) is 0 Å². The van der Waals surface area contributed by atoms with E-state index in [1.807, 2.05) is 6.08 Å². The Kier molecular flexibility index (Phi) is 8.43. The molecule has 0 aromatic rings. The highest BCUT2D eigenvalue weighted by Gasteiger charge is 2.31. The number of carbonyl (C=O) groups is 1. The van der Waals surface area contributed by atoms with Gasteiger partial charge in [0.25, 0.3) is 0 Å². The van der Waals surface area contributed by atoms with E-state index in [1.54, 1.807) is 0 Å². The fraction of sp³-hybridized carbons (Fsp3) is 0.786. The highest BCUT2D eigenvalue weighted by Crippen LogP contribution is 2.26. The number of hydrogen-bond donors (Lipinski definition) is 0. The molecule has 17 heavy (non-hydrogen) atoms. The summed E-state index contributed by atoms with van der Waals surface area (Å²) in [5.74, 6) is 0.382. The van der Waals surface area contributed by atoms with Crippen molar-refractivity contribution in [1.29, 1.82) is 0 Å². The third kappa shape index (κ3) is 5.64. The van der Waals surface area contributed by atoms with Gasteiger partial charge < -0.3 is 9.22 Å². The molecule has 0 aromatic heterocycles. The Labute approximate surface area is 108 Å². The Balaban J connectivity index is 4.45. The van der Waals surface area contributed by atoms with Crippen LogP contribution in [-0.2, 0) is 9.22 Å². The second-order valence-corrected chi connectivity index (χ2v) is 9.60. The molecule has 0 aromatic carbocycles.